The van der Waals surface area contributed by atoms with Gasteiger partial charge >= 0.3 is 5.97 Å². The molecule has 1 aliphatic heterocycles. The van der Waals surface area contributed by atoms with Crippen LogP contribution < -0.4 is 10.2 Å². The van der Waals surface area contributed by atoms with Crippen molar-refractivity contribution in [3.63, 3.8) is 0 Å². The summed E-state index contributed by atoms with van der Waals surface area (Å²) in [6.07, 6.45) is 6.49. The standard InChI is InChI=1S/C15H23N3O2/c1-16-8-6-12-5-3-4-10-18(12)13-7-9-17-14(11-13)15(19)20-2/h7,9,11-12,16H,3-6,8,10H2,1-2H3. The molecular formula is C15H23N3O2. The number of anilines is 1. The number of hydrogen-bond donors (Lipinski definition) is 1. The number of carbonyl (C=O) groups is 1. The first-order chi connectivity index (χ1) is 9.76. The summed E-state index contributed by atoms with van der Waals surface area (Å²) in [5.41, 5.74) is 1.45. The van der Waals surface area contributed by atoms with E-state index in [1.54, 1.807) is 6.20 Å². The molecule has 0 amide bonds. The Kier molecular flexibility index (Phi) is 5.35. The van der Waals surface area contributed by atoms with Gasteiger partial charge in [-0.25, -0.2) is 9.78 Å². The Morgan fingerprint density at radius 3 is 3.15 bits per heavy atom. The maximum atomic E-state index is 11.6. The lowest BCUT2D eigenvalue weighted by atomic mass is 9.98. The molecule has 1 saturated heterocycles. The molecule has 0 bridgehead atoms. The summed E-state index contributed by atoms with van der Waals surface area (Å²) in [6, 6.07) is 4.34. The highest BCUT2D eigenvalue weighted by molar-refractivity contribution is 5.88. The molecule has 2 heterocycles. The number of pyridine rings is 1. The summed E-state index contributed by atoms with van der Waals surface area (Å²) in [5.74, 6) is -0.379. The molecular weight excluding hydrogens is 254 g/mol. The monoisotopic (exact) mass is 277 g/mol. The summed E-state index contributed by atoms with van der Waals surface area (Å²) in [6.45, 7) is 2.05. The number of carbonyl (C=O) groups excluding carboxylic acids is 1. The smallest absolute Gasteiger partial charge is 0.356 e. The first-order valence-electron chi connectivity index (χ1n) is 7.22. The molecule has 1 aromatic heterocycles. The van der Waals surface area contributed by atoms with Crippen molar-refractivity contribution in [3.05, 3.63) is 24.0 Å². The lowest BCUT2D eigenvalue weighted by Gasteiger charge is -2.37. The summed E-state index contributed by atoms with van der Waals surface area (Å²) in [7, 11) is 3.36. The number of nitrogens with one attached hydrogen (secondary N) is 1. The van der Waals surface area contributed by atoms with Crippen LogP contribution in [0.1, 0.15) is 36.2 Å². The lowest BCUT2D eigenvalue weighted by molar-refractivity contribution is 0.0594. The van der Waals surface area contributed by atoms with E-state index in [2.05, 4.69) is 15.2 Å². The molecule has 0 spiro atoms. The predicted molar refractivity (Wildman–Crippen MR) is 79.1 cm³/mol. The van der Waals surface area contributed by atoms with Crippen LogP contribution in [0.4, 0.5) is 5.69 Å². The minimum atomic E-state index is -0.379. The second-order valence-corrected chi connectivity index (χ2v) is 5.13. The van der Waals surface area contributed by atoms with Gasteiger partial charge in [0, 0.05) is 24.5 Å². The van der Waals surface area contributed by atoms with E-state index >= 15 is 0 Å². The minimum Gasteiger partial charge on any atom is -0.464 e. The zero-order chi connectivity index (χ0) is 14.4. The maximum absolute atomic E-state index is 11.6. The van der Waals surface area contributed by atoms with Crippen LogP contribution in [0, 0.1) is 0 Å². The number of ether oxygens (including phenoxy) is 1. The van der Waals surface area contributed by atoms with E-state index in [-0.39, 0.29) is 5.97 Å². The Labute approximate surface area is 120 Å². The van der Waals surface area contributed by atoms with Gasteiger partial charge in [0.2, 0.25) is 0 Å². The zero-order valence-electron chi connectivity index (χ0n) is 12.3. The fraction of sp³-hybridized carbons (Fsp3) is 0.600. The van der Waals surface area contributed by atoms with Gasteiger partial charge in [-0.3, -0.25) is 0 Å². The molecule has 20 heavy (non-hydrogen) atoms. The average Bonchev–Trinajstić information content (AvgIpc) is 2.52. The van der Waals surface area contributed by atoms with Crippen LogP contribution in [0.3, 0.4) is 0 Å². The van der Waals surface area contributed by atoms with E-state index in [1.807, 2.05) is 19.2 Å². The van der Waals surface area contributed by atoms with E-state index in [0.717, 1.165) is 25.2 Å². The van der Waals surface area contributed by atoms with Gasteiger partial charge < -0.3 is 15.0 Å². The topological polar surface area (TPSA) is 54.5 Å². The Morgan fingerprint density at radius 2 is 2.40 bits per heavy atom. The Hall–Kier alpha value is -1.62. The van der Waals surface area contributed by atoms with Gasteiger partial charge in [0.15, 0.2) is 0 Å². The molecule has 2 rings (SSSR count). The molecule has 5 nitrogen and oxygen atoms in total. The van der Waals surface area contributed by atoms with Crippen molar-refractivity contribution in [1.29, 1.82) is 0 Å². The molecule has 5 heteroatoms. The third kappa shape index (κ3) is 3.48. The molecule has 0 saturated carbocycles. The average molecular weight is 277 g/mol. The Balaban J connectivity index is 2.16. The predicted octanol–water partition coefficient (Wildman–Crippen LogP) is 1.84. The number of piperidine rings is 1. The molecule has 1 aromatic rings. The van der Waals surface area contributed by atoms with Crippen molar-refractivity contribution in [2.75, 3.05) is 32.1 Å². The number of aromatic nitrogens is 1. The van der Waals surface area contributed by atoms with Crippen LogP contribution in [-0.2, 0) is 4.74 Å². The van der Waals surface area contributed by atoms with Crippen LogP contribution in [0.2, 0.25) is 0 Å². The molecule has 1 N–H and O–H groups in total. The number of esters is 1. The summed E-state index contributed by atoms with van der Waals surface area (Å²) >= 11 is 0. The lowest BCUT2D eigenvalue weighted by Crippen LogP contribution is -2.41. The second kappa shape index (κ2) is 7.24. The second-order valence-electron chi connectivity index (χ2n) is 5.13. The largest absolute Gasteiger partial charge is 0.464 e. The molecule has 1 unspecified atom stereocenters. The highest BCUT2D eigenvalue weighted by atomic mass is 16.5. The number of rotatable bonds is 5. The number of nitrogens with zero attached hydrogens (tertiary/aromatic N) is 2. The fourth-order valence-corrected chi connectivity index (χ4v) is 2.77. The summed E-state index contributed by atoms with van der Waals surface area (Å²) in [5, 5.41) is 3.21. The van der Waals surface area contributed by atoms with Gasteiger partial charge in [-0.15, -0.1) is 0 Å². The fourth-order valence-electron chi connectivity index (χ4n) is 2.77. The number of hydrogen-bond acceptors (Lipinski definition) is 5. The van der Waals surface area contributed by atoms with Gasteiger partial charge in [-0.05, 0) is 51.4 Å². The van der Waals surface area contributed by atoms with Crippen LogP contribution in [0.15, 0.2) is 18.3 Å². The van der Waals surface area contributed by atoms with Gasteiger partial charge in [0.25, 0.3) is 0 Å². The van der Waals surface area contributed by atoms with E-state index in [9.17, 15) is 4.79 Å². The molecule has 1 aliphatic rings. The first kappa shape index (κ1) is 14.8. The van der Waals surface area contributed by atoms with Crippen molar-refractivity contribution in [2.24, 2.45) is 0 Å². The molecule has 0 aromatic carbocycles. The van der Waals surface area contributed by atoms with Crippen molar-refractivity contribution in [3.8, 4) is 0 Å². The zero-order valence-corrected chi connectivity index (χ0v) is 12.3. The number of methoxy groups -OCH3 is 1. The van der Waals surface area contributed by atoms with Gasteiger partial charge in [0.05, 0.1) is 7.11 Å². The van der Waals surface area contributed by atoms with Crippen LogP contribution in [-0.4, -0.2) is 44.2 Å². The van der Waals surface area contributed by atoms with E-state index in [0.29, 0.717) is 11.7 Å². The molecule has 0 aliphatic carbocycles. The van der Waals surface area contributed by atoms with Crippen LogP contribution in [0.5, 0.6) is 0 Å². The Bertz CT molecular complexity index is 450. The molecule has 1 atom stereocenters. The maximum Gasteiger partial charge on any atom is 0.356 e. The van der Waals surface area contributed by atoms with E-state index in [4.69, 9.17) is 4.74 Å². The minimum absolute atomic E-state index is 0.378. The van der Waals surface area contributed by atoms with Gasteiger partial charge in [0.1, 0.15) is 5.69 Å². The quantitative estimate of drug-likeness (QED) is 0.832. The van der Waals surface area contributed by atoms with Crippen LogP contribution >= 0.6 is 0 Å². The third-order valence-electron chi connectivity index (χ3n) is 3.82. The van der Waals surface area contributed by atoms with Crippen molar-refractivity contribution in [2.45, 2.75) is 31.7 Å². The highest BCUT2D eigenvalue weighted by Gasteiger charge is 2.23. The van der Waals surface area contributed by atoms with Crippen molar-refractivity contribution >= 4 is 11.7 Å². The van der Waals surface area contributed by atoms with Gasteiger partial charge in [-0.2, -0.15) is 0 Å². The Morgan fingerprint density at radius 1 is 1.55 bits per heavy atom. The summed E-state index contributed by atoms with van der Waals surface area (Å²) in [4.78, 5) is 18.1. The third-order valence-corrected chi connectivity index (χ3v) is 3.82. The van der Waals surface area contributed by atoms with Crippen LogP contribution in [0.25, 0.3) is 0 Å². The molecule has 110 valence electrons. The highest BCUT2D eigenvalue weighted by Crippen LogP contribution is 2.26. The molecule has 1 fully saturated rings. The van der Waals surface area contributed by atoms with Crippen molar-refractivity contribution < 1.29 is 9.53 Å². The van der Waals surface area contributed by atoms with Crippen molar-refractivity contribution in [1.82, 2.24) is 10.3 Å². The van der Waals surface area contributed by atoms with E-state index in [1.165, 1.54) is 26.4 Å². The van der Waals surface area contributed by atoms with Gasteiger partial charge in [-0.1, -0.05) is 0 Å². The molecule has 0 radical (unpaired) electrons. The first-order valence-corrected chi connectivity index (χ1v) is 7.22. The normalized spacial score (nSPS) is 18.9. The SMILES string of the molecule is CNCCC1CCCCN1c1ccnc(C(=O)OC)c1. The summed E-state index contributed by atoms with van der Waals surface area (Å²) < 4.78 is 4.74. The van der Waals surface area contributed by atoms with E-state index < -0.39 is 0 Å².